The van der Waals surface area contributed by atoms with Crippen LogP contribution in [0.1, 0.15) is 84.5 Å². The molecule has 0 aromatic rings. The highest BCUT2D eigenvalue weighted by Gasteiger charge is 2.33. The molecule has 3 rings (SSSR count). The molecule has 39 heavy (non-hydrogen) atoms. The molecule has 3 aliphatic rings. The molecule has 0 aromatic heterocycles. The molecule has 0 aromatic carbocycles. The Morgan fingerprint density at radius 3 is 2.51 bits per heavy atom. The number of hydrogen-bond donors (Lipinski definition) is 1. The molecule has 3 heterocycles. The van der Waals surface area contributed by atoms with E-state index < -0.39 is 6.10 Å². The zero-order valence-electron chi connectivity index (χ0n) is 24.0. The van der Waals surface area contributed by atoms with Crippen LogP contribution in [0, 0.1) is 11.8 Å². The molecule has 0 radical (unpaired) electrons. The second-order valence-corrected chi connectivity index (χ2v) is 11.3. The van der Waals surface area contributed by atoms with Crippen LogP contribution in [0.3, 0.4) is 0 Å². The van der Waals surface area contributed by atoms with Gasteiger partial charge in [-0.3, -0.25) is 4.79 Å². The molecule has 0 amide bonds. The van der Waals surface area contributed by atoms with Gasteiger partial charge in [-0.15, -0.1) is 0 Å². The summed E-state index contributed by atoms with van der Waals surface area (Å²) < 4.78 is 23.7. The number of esters is 2. The summed E-state index contributed by atoms with van der Waals surface area (Å²) in [7, 11) is 1.37. The van der Waals surface area contributed by atoms with Gasteiger partial charge in [-0.05, 0) is 69.8 Å². The number of carbonyl (C=O) groups is 2. The van der Waals surface area contributed by atoms with Gasteiger partial charge >= 0.3 is 11.9 Å². The van der Waals surface area contributed by atoms with Gasteiger partial charge in [0.15, 0.2) is 0 Å². The van der Waals surface area contributed by atoms with Crippen LogP contribution >= 0.6 is 0 Å². The van der Waals surface area contributed by atoms with Crippen molar-refractivity contribution in [1.29, 1.82) is 0 Å². The van der Waals surface area contributed by atoms with Crippen LogP contribution in [0.25, 0.3) is 0 Å². The molecular weight excluding hydrogens is 496 g/mol. The van der Waals surface area contributed by atoms with Gasteiger partial charge in [0.25, 0.3) is 0 Å². The number of rotatable bonds is 7. The molecule has 7 heteroatoms. The van der Waals surface area contributed by atoms with E-state index in [1.165, 1.54) is 7.11 Å². The van der Waals surface area contributed by atoms with E-state index in [0.717, 1.165) is 56.9 Å². The molecule has 1 N–H and O–H groups in total. The molecule has 0 saturated carbocycles. The fourth-order valence-corrected chi connectivity index (χ4v) is 5.66. The largest absolute Gasteiger partial charge is 0.466 e. The van der Waals surface area contributed by atoms with E-state index in [1.54, 1.807) is 6.08 Å². The van der Waals surface area contributed by atoms with E-state index in [0.29, 0.717) is 18.8 Å². The smallest absolute Gasteiger partial charge is 0.330 e. The van der Waals surface area contributed by atoms with Gasteiger partial charge in [0.2, 0.25) is 0 Å². The Labute approximate surface area is 234 Å². The molecule has 0 unspecified atom stereocenters. The zero-order valence-corrected chi connectivity index (χ0v) is 24.0. The molecule has 7 atom stereocenters. The number of unbranched alkanes of at least 4 members (excludes halogenated alkanes) is 2. The van der Waals surface area contributed by atoms with Crippen molar-refractivity contribution >= 4 is 11.9 Å². The van der Waals surface area contributed by atoms with E-state index >= 15 is 0 Å². The Bertz CT molecular complexity index is 889. The summed E-state index contributed by atoms with van der Waals surface area (Å²) in [5, 5.41) is 8.93. The summed E-state index contributed by atoms with van der Waals surface area (Å²) in [6, 6.07) is 0. The third kappa shape index (κ3) is 11.4. The van der Waals surface area contributed by atoms with Crippen molar-refractivity contribution in [2.24, 2.45) is 11.8 Å². The Kier molecular flexibility index (Phi) is 13.5. The first kappa shape index (κ1) is 31.3. The van der Waals surface area contributed by atoms with Crippen LogP contribution in [-0.4, -0.2) is 61.3 Å². The molecule has 7 nitrogen and oxygen atoms in total. The van der Waals surface area contributed by atoms with Gasteiger partial charge in [0, 0.05) is 25.0 Å². The summed E-state index contributed by atoms with van der Waals surface area (Å²) in [5.74, 6) is -0.347. The third-order valence-corrected chi connectivity index (χ3v) is 7.74. The number of methoxy groups -OCH3 is 1. The Morgan fingerprint density at radius 2 is 1.74 bits per heavy atom. The van der Waals surface area contributed by atoms with Crippen LogP contribution in [0.4, 0.5) is 0 Å². The SMILES string of the molecule is COC(=O)/C=C1\C[C@H]2CC(=O)O[C@@H](/C=C/C=C\CCCCO)[C@@H](C)/C=C/[C@H](C)C[C@H]3CCC[C@@H](C[C@@H](C1)O2)O3. The second kappa shape index (κ2) is 16.8. The van der Waals surface area contributed by atoms with Gasteiger partial charge in [0.1, 0.15) is 6.10 Å². The Balaban J connectivity index is 1.78. The van der Waals surface area contributed by atoms with E-state index in [4.69, 9.17) is 24.1 Å². The minimum Gasteiger partial charge on any atom is -0.466 e. The normalized spacial score (nSPS) is 34.7. The third-order valence-electron chi connectivity index (χ3n) is 7.74. The molecule has 4 bridgehead atoms. The molecule has 0 spiro atoms. The monoisotopic (exact) mass is 544 g/mol. The lowest BCUT2D eigenvalue weighted by molar-refractivity contribution is -0.154. The Hall–Kier alpha value is -2.22. The van der Waals surface area contributed by atoms with Gasteiger partial charge in [-0.2, -0.15) is 0 Å². The molecule has 3 aliphatic heterocycles. The molecule has 2 saturated heterocycles. The fourth-order valence-electron chi connectivity index (χ4n) is 5.66. The van der Waals surface area contributed by atoms with Crippen LogP contribution < -0.4 is 0 Å². The van der Waals surface area contributed by atoms with Crippen molar-refractivity contribution in [3.8, 4) is 0 Å². The van der Waals surface area contributed by atoms with Crippen molar-refractivity contribution in [1.82, 2.24) is 0 Å². The lowest BCUT2D eigenvalue weighted by Crippen LogP contribution is -2.37. The van der Waals surface area contributed by atoms with E-state index in [2.05, 4.69) is 32.1 Å². The maximum atomic E-state index is 13.1. The highest BCUT2D eigenvalue weighted by Crippen LogP contribution is 2.33. The summed E-state index contributed by atoms with van der Waals surface area (Å²) in [4.78, 5) is 25.1. The number of aliphatic hydroxyl groups is 1. The number of fused-ring (bicyclic) bond motifs is 4. The first-order valence-electron chi connectivity index (χ1n) is 14.8. The standard InChI is InChI=1S/C32H48O7/c1-23-14-15-24(2)30(13-8-6-4-5-7-9-16-33)39-32(35)22-29-19-25(20-31(34)36-3)18-28(38-29)21-27-12-10-11-26(17-23)37-27/h4,6,8,13-15,20,23-24,26-30,33H,5,7,9-12,16-19,21-22H2,1-3H3/b6-4-,13-8+,15-14+,25-20-/t23-,24-,26+,27-,28+,29-,30-/m0/s1. The second-order valence-electron chi connectivity index (χ2n) is 11.3. The molecule has 218 valence electrons. The predicted octanol–water partition coefficient (Wildman–Crippen LogP) is 5.77. The van der Waals surface area contributed by atoms with E-state index in [9.17, 15) is 9.59 Å². The maximum absolute atomic E-state index is 13.1. The summed E-state index contributed by atoms with van der Waals surface area (Å²) in [6.45, 7) is 4.49. The van der Waals surface area contributed by atoms with Crippen LogP contribution in [0.15, 0.2) is 48.1 Å². The molecular formula is C32H48O7. The van der Waals surface area contributed by atoms with Crippen molar-refractivity contribution in [2.45, 2.75) is 115 Å². The highest BCUT2D eigenvalue weighted by atomic mass is 16.6. The van der Waals surface area contributed by atoms with Gasteiger partial charge in [0.05, 0.1) is 37.9 Å². The lowest BCUT2D eigenvalue weighted by Gasteiger charge is -2.37. The minimum absolute atomic E-state index is 0.00169. The fraction of sp³-hybridized carbons (Fsp3) is 0.688. The summed E-state index contributed by atoms with van der Waals surface area (Å²) >= 11 is 0. The van der Waals surface area contributed by atoms with Crippen LogP contribution in [0.2, 0.25) is 0 Å². The Morgan fingerprint density at radius 1 is 1.00 bits per heavy atom. The van der Waals surface area contributed by atoms with Crippen LogP contribution in [-0.2, 0) is 28.5 Å². The number of allylic oxidation sites excluding steroid dienone is 4. The number of carbonyl (C=O) groups excluding carboxylic acids is 2. The zero-order chi connectivity index (χ0) is 28.0. The van der Waals surface area contributed by atoms with Crippen molar-refractivity contribution < 1.29 is 33.6 Å². The number of aliphatic hydroxyl groups excluding tert-OH is 1. The predicted molar refractivity (Wildman–Crippen MR) is 151 cm³/mol. The quantitative estimate of drug-likeness (QED) is 0.143. The van der Waals surface area contributed by atoms with Crippen molar-refractivity contribution in [3.05, 3.63) is 48.1 Å². The topological polar surface area (TPSA) is 91.3 Å². The average Bonchev–Trinajstić information content (AvgIpc) is 2.90. The van der Waals surface area contributed by atoms with Gasteiger partial charge in [-0.1, -0.05) is 49.8 Å². The maximum Gasteiger partial charge on any atom is 0.330 e. The average molecular weight is 545 g/mol. The first-order chi connectivity index (χ1) is 18.9. The van der Waals surface area contributed by atoms with E-state index in [1.807, 2.05) is 18.2 Å². The van der Waals surface area contributed by atoms with Gasteiger partial charge < -0.3 is 24.1 Å². The summed E-state index contributed by atoms with van der Waals surface area (Å²) in [5.41, 5.74) is 0.942. The van der Waals surface area contributed by atoms with Crippen LogP contribution in [0.5, 0.6) is 0 Å². The summed E-state index contributed by atoms with van der Waals surface area (Å²) in [6.07, 6.45) is 22.1. The molecule has 0 aliphatic carbocycles. The van der Waals surface area contributed by atoms with Crippen molar-refractivity contribution in [2.75, 3.05) is 13.7 Å². The van der Waals surface area contributed by atoms with E-state index in [-0.39, 0.29) is 55.3 Å². The lowest BCUT2D eigenvalue weighted by atomic mass is 9.89. The highest BCUT2D eigenvalue weighted by molar-refractivity contribution is 5.82. The molecule has 2 fully saturated rings. The first-order valence-corrected chi connectivity index (χ1v) is 14.8. The van der Waals surface area contributed by atoms with Crippen molar-refractivity contribution in [3.63, 3.8) is 0 Å². The van der Waals surface area contributed by atoms with Gasteiger partial charge in [-0.25, -0.2) is 4.79 Å². The number of hydrogen-bond acceptors (Lipinski definition) is 7. The number of cyclic esters (lactones) is 1. The minimum atomic E-state index is -0.407. The number of ether oxygens (including phenoxy) is 4.